The number of hydrogen-bond acceptors (Lipinski definition) is 14. The zero-order valence-corrected chi connectivity index (χ0v) is 42.8. The number of aliphatic hydroxyl groups is 7. The number of hydrogen-bond donors (Lipinski definition) is 7. The first-order valence-electron chi connectivity index (χ1n) is 27.2. The number of carbonyl (C=O) groups is 1. The summed E-state index contributed by atoms with van der Waals surface area (Å²) in [6.07, 6.45) is 33.1. The highest BCUT2D eigenvalue weighted by Crippen LogP contribution is 2.26. The lowest BCUT2D eigenvalue weighted by atomic mass is 9.98. The van der Waals surface area contributed by atoms with Gasteiger partial charge in [-0.2, -0.15) is 0 Å². The van der Waals surface area contributed by atoms with Gasteiger partial charge in [-0.15, -0.1) is 0 Å². The Balaban J connectivity index is 1.74. The molecule has 2 rings (SSSR count). The summed E-state index contributed by atoms with van der Waals surface area (Å²) >= 11 is 0. The number of esters is 1. The third kappa shape index (κ3) is 29.9. The van der Waals surface area contributed by atoms with Gasteiger partial charge in [0.1, 0.15) is 54.9 Å². The molecule has 2 aliphatic heterocycles. The Morgan fingerprint density at radius 3 is 1.43 bits per heavy atom. The fraction of sp³-hybridized carbons (Fsp3) is 0.836. The minimum atomic E-state index is -1.71. The summed E-state index contributed by atoms with van der Waals surface area (Å²) < 4.78 is 34.3. The lowest BCUT2D eigenvalue weighted by Crippen LogP contribution is -2.61. The average Bonchev–Trinajstić information content (AvgIpc) is 3.35. The Morgan fingerprint density at radius 2 is 0.899 bits per heavy atom. The topological polar surface area (TPSA) is 214 Å². The average molecular weight is 983 g/mol. The smallest absolute Gasteiger partial charge is 0.306 e. The van der Waals surface area contributed by atoms with Gasteiger partial charge in [-0.05, 0) is 77.0 Å². The van der Waals surface area contributed by atoms with E-state index in [1.165, 1.54) is 89.9 Å². The lowest BCUT2D eigenvalue weighted by molar-refractivity contribution is -0.332. The largest absolute Gasteiger partial charge is 0.457 e. The van der Waals surface area contributed by atoms with E-state index >= 15 is 0 Å². The predicted octanol–water partition coefficient (Wildman–Crippen LogP) is 8.74. The van der Waals surface area contributed by atoms with Crippen molar-refractivity contribution in [1.82, 2.24) is 0 Å². The molecule has 402 valence electrons. The molecular weight excluding hydrogens is 885 g/mol. The number of ether oxygens (including phenoxy) is 6. The number of unbranched alkanes of at least 4 members (excludes halogenated alkanes) is 21. The van der Waals surface area contributed by atoms with Crippen LogP contribution in [0.4, 0.5) is 0 Å². The van der Waals surface area contributed by atoms with Crippen LogP contribution in [-0.2, 0) is 33.2 Å². The quantitative estimate of drug-likeness (QED) is 0.0173. The van der Waals surface area contributed by atoms with Crippen LogP contribution in [0.1, 0.15) is 194 Å². The second-order valence-corrected chi connectivity index (χ2v) is 19.0. The Kier molecular flexibility index (Phi) is 38.8. The molecule has 69 heavy (non-hydrogen) atoms. The van der Waals surface area contributed by atoms with Gasteiger partial charge in [0.25, 0.3) is 0 Å². The second-order valence-electron chi connectivity index (χ2n) is 19.0. The molecule has 2 heterocycles. The maximum absolute atomic E-state index is 13.0. The summed E-state index contributed by atoms with van der Waals surface area (Å²) in [5, 5.41) is 72.2. The molecular formula is C55H98O14. The van der Waals surface area contributed by atoms with Gasteiger partial charge in [0.2, 0.25) is 0 Å². The van der Waals surface area contributed by atoms with Gasteiger partial charge in [0, 0.05) is 13.0 Å². The summed E-state index contributed by atoms with van der Waals surface area (Å²) in [6.45, 7) is 3.63. The van der Waals surface area contributed by atoms with Gasteiger partial charge in [-0.1, -0.05) is 159 Å². The molecule has 7 N–H and O–H groups in total. The number of rotatable bonds is 43. The van der Waals surface area contributed by atoms with Crippen LogP contribution in [0.15, 0.2) is 48.6 Å². The van der Waals surface area contributed by atoms with Gasteiger partial charge in [-0.3, -0.25) is 4.79 Å². The molecule has 0 aliphatic carbocycles. The molecule has 0 saturated carbocycles. The van der Waals surface area contributed by atoms with Crippen LogP contribution >= 0.6 is 0 Å². The molecule has 14 nitrogen and oxygen atoms in total. The Morgan fingerprint density at radius 1 is 0.478 bits per heavy atom. The van der Waals surface area contributed by atoms with E-state index in [9.17, 15) is 40.5 Å². The van der Waals surface area contributed by atoms with E-state index in [4.69, 9.17) is 28.4 Å². The van der Waals surface area contributed by atoms with E-state index < -0.39 is 80.7 Å². The highest BCUT2D eigenvalue weighted by molar-refractivity contribution is 5.69. The van der Waals surface area contributed by atoms with E-state index in [2.05, 4.69) is 62.5 Å². The van der Waals surface area contributed by atoms with Crippen LogP contribution in [0.5, 0.6) is 0 Å². The molecule has 2 fully saturated rings. The van der Waals surface area contributed by atoms with Crippen molar-refractivity contribution in [2.75, 3.05) is 33.0 Å². The van der Waals surface area contributed by atoms with Gasteiger partial charge >= 0.3 is 5.97 Å². The fourth-order valence-electron chi connectivity index (χ4n) is 8.34. The zero-order valence-electron chi connectivity index (χ0n) is 42.8. The third-order valence-electron chi connectivity index (χ3n) is 12.8. The predicted molar refractivity (Wildman–Crippen MR) is 270 cm³/mol. The Bertz CT molecular complexity index is 1320. The number of allylic oxidation sites excluding steroid dienone is 8. The molecule has 0 spiro atoms. The van der Waals surface area contributed by atoms with Gasteiger partial charge in [0.05, 0.1) is 26.4 Å². The monoisotopic (exact) mass is 983 g/mol. The van der Waals surface area contributed by atoms with Crippen molar-refractivity contribution in [3.63, 3.8) is 0 Å². The molecule has 0 amide bonds. The Labute approximate surface area is 416 Å². The second kappa shape index (κ2) is 42.5. The highest BCUT2D eigenvalue weighted by Gasteiger charge is 2.47. The van der Waals surface area contributed by atoms with Crippen molar-refractivity contribution in [2.24, 2.45) is 0 Å². The van der Waals surface area contributed by atoms with E-state index in [0.717, 1.165) is 77.0 Å². The van der Waals surface area contributed by atoms with Crippen LogP contribution in [0, 0.1) is 0 Å². The van der Waals surface area contributed by atoms with Crippen molar-refractivity contribution >= 4 is 5.97 Å². The molecule has 14 heteroatoms. The molecule has 0 aromatic carbocycles. The molecule has 0 aromatic rings. The van der Waals surface area contributed by atoms with Crippen molar-refractivity contribution in [3.05, 3.63) is 48.6 Å². The molecule has 2 aliphatic rings. The first-order chi connectivity index (χ1) is 33.6. The van der Waals surface area contributed by atoms with Crippen molar-refractivity contribution in [3.8, 4) is 0 Å². The standard InChI is InChI=1S/C55H98O14/c1-3-5-7-9-11-13-15-17-18-19-20-21-22-23-24-25-27-29-31-33-35-37-39-64-41-44(67-47(57)38-36-34-32-30-28-26-16-14-12-10-8-6-4-2)42-65-54-53(63)51(61)49(59)46(69-54)43-66-55-52(62)50(60)48(58)45(40-56)68-55/h14-17,19-20,22-23,44-46,48-56,58-63H,3-13,18,21,24-43H2,1-2H3/b16-14-,17-15-,20-19-,23-22-. The molecule has 0 bridgehead atoms. The van der Waals surface area contributed by atoms with Gasteiger partial charge in [0.15, 0.2) is 12.6 Å². The highest BCUT2D eigenvalue weighted by atomic mass is 16.7. The Hall–Kier alpha value is -2.05. The lowest BCUT2D eigenvalue weighted by Gasteiger charge is -2.42. The first-order valence-corrected chi connectivity index (χ1v) is 27.2. The molecule has 2 saturated heterocycles. The van der Waals surface area contributed by atoms with E-state index in [1.54, 1.807) is 0 Å². The first kappa shape index (κ1) is 63.1. The third-order valence-corrected chi connectivity index (χ3v) is 12.8. The fourth-order valence-corrected chi connectivity index (χ4v) is 8.34. The molecule has 11 unspecified atom stereocenters. The van der Waals surface area contributed by atoms with Crippen molar-refractivity contribution in [1.29, 1.82) is 0 Å². The number of aliphatic hydroxyl groups excluding tert-OH is 7. The minimum Gasteiger partial charge on any atom is -0.457 e. The molecule has 0 aromatic heterocycles. The van der Waals surface area contributed by atoms with Crippen molar-refractivity contribution < 1.29 is 69.0 Å². The summed E-state index contributed by atoms with van der Waals surface area (Å²) in [7, 11) is 0. The van der Waals surface area contributed by atoms with Crippen molar-refractivity contribution in [2.45, 2.75) is 261 Å². The van der Waals surface area contributed by atoms with E-state index in [-0.39, 0.29) is 25.6 Å². The maximum atomic E-state index is 13.0. The van der Waals surface area contributed by atoms with Crippen LogP contribution in [0.25, 0.3) is 0 Å². The van der Waals surface area contributed by atoms with Gasteiger partial charge in [-0.25, -0.2) is 0 Å². The van der Waals surface area contributed by atoms with Crippen LogP contribution in [0.3, 0.4) is 0 Å². The van der Waals surface area contributed by atoms with Crippen LogP contribution in [-0.4, -0.2) is 142 Å². The van der Waals surface area contributed by atoms with Crippen LogP contribution < -0.4 is 0 Å². The molecule has 0 radical (unpaired) electrons. The van der Waals surface area contributed by atoms with Gasteiger partial charge < -0.3 is 64.2 Å². The van der Waals surface area contributed by atoms with Crippen LogP contribution in [0.2, 0.25) is 0 Å². The molecule has 11 atom stereocenters. The summed E-state index contributed by atoms with van der Waals surface area (Å²) in [6, 6.07) is 0. The minimum absolute atomic E-state index is 0.0507. The summed E-state index contributed by atoms with van der Waals surface area (Å²) in [5.41, 5.74) is 0. The van der Waals surface area contributed by atoms with E-state index in [0.29, 0.717) is 13.0 Å². The van der Waals surface area contributed by atoms with E-state index in [1.807, 2.05) is 0 Å². The normalized spacial score (nSPS) is 26.0. The SMILES string of the molecule is CCCCCC/C=C\CCCCCCCC(=O)OC(COCCCCCCCCC/C=C\C/C=C\C/C=C\CCCCCCC)COC1OC(COC2OC(CO)C(O)C(O)C2O)C(O)C(O)C1O. The summed E-state index contributed by atoms with van der Waals surface area (Å²) in [5.74, 6) is -0.390. The summed E-state index contributed by atoms with van der Waals surface area (Å²) in [4.78, 5) is 13.0. The number of carbonyl (C=O) groups excluding carboxylic acids is 1. The maximum Gasteiger partial charge on any atom is 0.306 e. The zero-order chi connectivity index (χ0) is 50.2.